The molecule has 0 radical (unpaired) electrons. The number of aromatic nitrogens is 3. The molecule has 0 aliphatic heterocycles. The molecule has 0 saturated carbocycles. The second-order valence-corrected chi connectivity index (χ2v) is 9.26. The van der Waals surface area contributed by atoms with Crippen LogP contribution in [0.3, 0.4) is 0 Å². The molecule has 0 aliphatic rings. The SMILES string of the molecule is CC(C)(C(Br)OC(N)=O)C(C)(C)C(Oc1ccc(-c2ccccc2)cc1)n1cncn1. The molecule has 3 rings (SSSR count). The van der Waals surface area contributed by atoms with Crippen molar-refractivity contribution in [1.29, 1.82) is 0 Å². The van der Waals surface area contributed by atoms with Gasteiger partial charge < -0.3 is 15.2 Å². The van der Waals surface area contributed by atoms with E-state index in [9.17, 15) is 4.79 Å². The Kier molecular flexibility index (Phi) is 6.69. The number of hydrogen-bond donors (Lipinski definition) is 1. The summed E-state index contributed by atoms with van der Waals surface area (Å²) in [6.07, 6.45) is 1.69. The molecule has 2 unspecified atom stereocenters. The first-order chi connectivity index (χ1) is 14.6. The highest BCUT2D eigenvalue weighted by Crippen LogP contribution is 2.51. The van der Waals surface area contributed by atoms with Gasteiger partial charge in [0.15, 0.2) is 11.2 Å². The average molecular weight is 487 g/mol. The van der Waals surface area contributed by atoms with Gasteiger partial charge in [-0.3, -0.25) is 0 Å². The van der Waals surface area contributed by atoms with Crippen molar-refractivity contribution in [2.75, 3.05) is 0 Å². The van der Waals surface area contributed by atoms with Crippen LogP contribution in [0.15, 0.2) is 67.3 Å². The van der Waals surface area contributed by atoms with E-state index in [-0.39, 0.29) is 0 Å². The van der Waals surface area contributed by atoms with Crippen LogP contribution in [0.5, 0.6) is 5.75 Å². The third kappa shape index (κ3) is 4.90. The Morgan fingerprint density at radius 3 is 2.16 bits per heavy atom. The molecule has 2 N–H and O–H groups in total. The minimum atomic E-state index is -0.847. The van der Waals surface area contributed by atoms with Gasteiger partial charge in [-0.15, -0.1) is 0 Å². The normalized spacial score (nSPS) is 14.0. The number of carbonyl (C=O) groups is 1. The molecule has 0 aliphatic carbocycles. The molecule has 2 atom stereocenters. The monoisotopic (exact) mass is 486 g/mol. The van der Waals surface area contributed by atoms with Crippen molar-refractivity contribution >= 4 is 22.0 Å². The Morgan fingerprint density at radius 1 is 1.00 bits per heavy atom. The fourth-order valence-electron chi connectivity index (χ4n) is 3.22. The quantitative estimate of drug-likeness (QED) is 0.430. The molecule has 1 aromatic heterocycles. The van der Waals surface area contributed by atoms with E-state index in [1.54, 1.807) is 11.0 Å². The lowest BCUT2D eigenvalue weighted by Gasteiger charge is -2.47. The Balaban J connectivity index is 1.90. The number of amides is 1. The van der Waals surface area contributed by atoms with Gasteiger partial charge in [0.1, 0.15) is 18.4 Å². The molecule has 0 saturated heterocycles. The van der Waals surface area contributed by atoms with Gasteiger partial charge in [0.05, 0.1) is 0 Å². The lowest BCUT2D eigenvalue weighted by atomic mass is 9.67. The predicted octanol–water partition coefficient (Wildman–Crippen LogP) is 5.39. The van der Waals surface area contributed by atoms with E-state index in [1.807, 2.05) is 70.2 Å². The summed E-state index contributed by atoms with van der Waals surface area (Å²) >= 11 is 3.46. The van der Waals surface area contributed by atoms with Crippen LogP contribution in [0.2, 0.25) is 0 Å². The highest BCUT2D eigenvalue weighted by atomic mass is 79.9. The van der Waals surface area contributed by atoms with Crippen LogP contribution < -0.4 is 10.5 Å². The second kappa shape index (κ2) is 9.09. The number of benzene rings is 2. The first kappa shape index (κ1) is 22.8. The Labute approximate surface area is 190 Å². The van der Waals surface area contributed by atoms with Crippen molar-refractivity contribution in [3.05, 3.63) is 67.3 Å². The molecule has 0 spiro atoms. The number of hydrogen-bond acceptors (Lipinski definition) is 5. The zero-order valence-electron chi connectivity index (χ0n) is 18.0. The zero-order chi connectivity index (χ0) is 22.6. The number of halogens is 1. The fraction of sp³-hybridized carbons (Fsp3) is 0.348. The summed E-state index contributed by atoms with van der Waals surface area (Å²) in [6, 6.07) is 18.0. The Hall–Kier alpha value is -2.87. The van der Waals surface area contributed by atoms with Gasteiger partial charge in [-0.1, -0.05) is 70.2 Å². The summed E-state index contributed by atoms with van der Waals surface area (Å²) in [4.78, 5) is 15.4. The summed E-state index contributed by atoms with van der Waals surface area (Å²) in [6.45, 7) is 7.99. The van der Waals surface area contributed by atoms with Gasteiger partial charge in [-0.05, 0) is 39.2 Å². The molecule has 2 aromatic carbocycles. The third-order valence-electron chi connectivity index (χ3n) is 5.95. The molecular formula is C23H27BrN4O3. The second-order valence-electron chi connectivity index (χ2n) is 8.43. The third-order valence-corrected chi connectivity index (χ3v) is 7.28. The van der Waals surface area contributed by atoms with E-state index in [2.05, 4.69) is 38.1 Å². The molecule has 3 aromatic rings. The molecule has 164 valence electrons. The van der Waals surface area contributed by atoms with Crippen molar-refractivity contribution < 1.29 is 14.3 Å². The van der Waals surface area contributed by atoms with Crippen LogP contribution in [-0.2, 0) is 4.74 Å². The number of primary amides is 1. The number of rotatable bonds is 8. The van der Waals surface area contributed by atoms with Crippen molar-refractivity contribution in [3.63, 3.8) is 0 Å². The Morgan fingerprint density at radius 2 is 1.61 bits per heavy atom. The van der Waals surface area contributed by atoms with Crippen molar-refractivity contribution in [2.24, 2.45) is 16.6 Å². The number of alkyl halides is 1. The van der Waals surface area contributed by atoms with Crippen molar-refractivity contribution in [2.45, 2.75) is 38.9 Å². The number of nitrogens with two attached hydrogens (primary N) is 1. The van der Waals surface area contributed by atoms with Crippen LogP contribution in [0.1, 0.15) is 33.9 Å². The van der Waals surface area contributed by atoms with E-state index in [0.29, 0.717) is 5.75 Å². The minimum Gasteiger partial charge on any atom is -0.468 e. The maximum atomic E-state index is 11.3. The summed E-state index contributed by atoms with van der Waals surface area (Å²) < 4.78 is 13.3. The van der Waals surface area contributed by atoms with Gasteiger partial charge in [0.25, 0.3) is 0 Å². The minimum absolute atomic E-state index is 0.538. The van der Waals surface area contributed by atoms with Crippen LogP contribution >= 0.6 is 15.9 Å². The maximum Gasteiger partial charge on any atom is 0.405 e. The van der Waals surface area contributed by atoms with Gasteiger partial charge in [0, 0.05) is 10.8 Å². The molecule has 1 amide bonds. The molecule has 31 heavy (non-hydrogen) atoms. The maximum absolute atomic E-state index is 11.3. The standard InChI is InChI=1S/C23H27BrN4O3/c1-22(2,19(24)31-21(25)29)23(3,4)20(28-15-26-14-27-28)30-18-12-10-17(11-13-18)16-8-6-5-7-9-16/h5-15,19-20H,1-4H3,(H2,25,29). The van der Waals surface area contributed by atoms with Gasteiger partial charge in [-0.2, -0.15) is 5.10 Å². The first-order valence-electron chi connectivity index (χ1n) is 9.89. The lowest BCUT2D eigenvalue weighted by molar-refractivity contribution is -0.0982. The first-order valence-corrected chi connectivity index (χ1v) is 10.8. The largest absolute Gasteiger partial charge is 0.468 e. The topological polar surface area (TPSA) is 92.3 Å². The molecule has 1 heterocycles. The van der Waals surface area contributed by atoms with E-state index in [0.717, 1.165) is 11.1 Å². The van der Waals surface area contributed by atoms with E-state index >= 15 is 0 Å². The summed E-state index contributed by atoms with van der Waals surface area (Å²) in [7, 11) is 0. The van der Waals surface area contributed by atoms with Crippen LogP contribution in [-0.4, -0.2) is 25.9 Å². The molecule has 0 fully saturated rings. The van der Waals surface area contributed by atoms with Crippen molar-refractivity contribution in [1.82, 2.24) is 14.8 Å². The fourth-order valence-corrected chi connectivity index (χ4v) is 3.99. The van der Waals surface area contributed by atoms with Gasteiger partial charge in [0.2, 0.25) is 0 Å². The lowest BCUT2D eigenvalue weighted by Crippen LogP contribution is -2.49. The van der Waals surface area contributed by atoms with Gasteiger partial charge in [-0.25, -0.2) is 14.5 Å². The summed E-state index contributed by atoms with van der Waals surface area (Å²) in [5, 5.41) is 3.67. The average Bonchev–Trinajstić information content (AvgIpc) is 3.26. The van der Waals surface area contributed by atoms with Crippen LogP contribution in [0.25, 0.3) is 11.1 Å². The summed E-state index contributed by atoms with van der Waals surface area (Å²) in [5.74, 6) is 0.686. The predicted molar refractivity (Wildman–Crippen MR) is 123 cm³/mol. The number of ether oxygens (including phenoxy) is 2. The highest BCUT2D eigenvalue weighted by molar-refractivity contribution is 9.09. The number of nitrogens with zero attached hydrogens (tertiary/aromatic N) is 3. The van der Waals surface area contributed by atoms with E-state index < -0.39 is 28.2 Å². The molecular weight excluding hydrogens is 460 g/mol. The summed E-state index contributed by atoms with van der Waals surface area (Å²) in [5.41, 5.74) is 6.30. The van der Waals surface area contributed by atoms with Crippen molar-refractivity contribution in [3.8, 4) is 16.9 Å². The molecule has 8 heteroatoms. The molecule has 0 bridgehead atoms. The van der Waals surface area contributed by atoms with Gasteiger partial charge >= 0.3 is 6.09 Å². The van der Waals surface area contributed by atoms with Crippen LogP contribution in [0.4, 0.5) is 4.79 Å². The highest BCUT2D eigenvalue weighted by Gasteiger charge is 2.51. The molecule has 7 nitrogen and oxygen atoms in total. The smallest absolute Gasteiger partial charge is 0.405 e. The van der Waals surface area contributed by atoms with E-state index in [4.69, 9.17) is 15.2 Å². The Bertz CT molecular complexity index is 989. The van der Waals surface area contributed by atoms with Crippen LogP contribution in [0, 0.1) is 10.8 Å². The van der Waals surface area contributed by atoms with E-state index in [1.165, 1.54) is 6.33 Å². The zero-order valence-corrected chi connectivity index (χ0v) is 19.6. The number of carbonyl (C=O) groups excluding carboxylic acids is 1.